The summed E-state index contributed by atoms with van der Waals surface area (Å²) in [6.07, 6.45) is 90.4. The summed E-state index contributed by atoms with van der Waals surface area (Å²) in [4.78, 5) is 72.7. The van der Waals surface area contributed by atoms with Crippen LogP contribution in [-0.4, -0.2) is 96.7 Å². The van der Waals surface area contributed by atoms with Crippen LogP contribution in [0.1, 0.15) is 233 Å². The van der Waals surface area contributed by atoms with E-state index >= 15 is 0 Å². The molecule has 0 bridgehead atoms. The zero-order valence-corrected chi connectivity index (χ0v) is 64.0. The van der Waals surface area contributed by atoms with Gasteiger partial charge < -0.3 is 33.8 Å². The Morgan fingerprint density at radius 1 is 0.284 bits per heavy atom. The third kappa shape index (κ3) is 72.0. The van der Waals surface area contributed by atoms with E-state index in [0.29, 0.717) is 32.1 Å². The average molecular weight is 1460 g/mol. The first-order valence-corrected chi connectivity index (χ1v) is 40.3. The first-order chi connectivity index (χ1) is 49.7. The summed E-state index contributed by atoms with van der Waals surface area (Å²) in [5.74, 6) is -2.56. The van der Waals surface area contributed by atoms with Gasteiger partial charge >= 0.3 is 39.5 Å². The van der Waals surface area contributed by atoms with Crippen molar-refractivity contribution in [3.63, 3.8) is 0 Å². The minimum atomic E-state index is -5.02. The molecule has 572 valence electrons. The number of allylic oxidation sites excluding steroid dienone is 32. The smallest absolute Gasteiger partial charge is 0.462 e. The number of phosphoric ester groups is 2. The van der Waals surface area contributed by atoms with Crippen LogP contribution in [0, 0.1) is 0 Å². The fourth-order valence-corrected chi connectivity index (χ4v) is 10.4. The summed E-state index contributed by atoms with van der Waals surface area (Å²) in [6.45, 7) is 4.07. The number of esters is 4. The van der Waals surface area contributed by atoms with E-state index in [2.05, 4.69) is 180 Å². The molecule has 0 aliphatic rings. The Morgan fingerprint density at radius 3 is 0.882 bits per heavy atom. The average Bonchev–Trinajstić information content (AvgIpc) is 0.926. The summed E-state index contributed by atoms with van der Waals surface area (Å²) < 4.78 is 68.1. The van der Waals surface area contributed by atoms with Gasteiger partial charge in [-0.1, -0.05) is 266 Å². The first-order valence-electron chi connectivity index (χ1n) is 37.3. The third-order valence-corrected chi connectivity index (χ3v) is 16.2. The molecule has 0 amide bonds. The number of carbonyl (C=O) groups is 4. The van der Waals surface area contributed by atoms with E-state index in [-0.39, 0.29) is 25.7 Å². The maximum absolute atomic E-state index is 13.1. The van der Waals surface area contributed by atoms with Crippen molar-refractivity contribution in [1.82, 2.24) is 0 Å². The highest BCUT2D eigenvalue weighted by Gasteiger charge is 2.30. The molecule has 0 saturated heterocycles. The standard InChI is InChI=1S/C83H128O17P2/c1-5-9-13-17-21-25-29-33-37-38-42-44-48-52-56-60-64-68-81(86)94-74-79(100-83(88)70-66-62-58-54-50-46-41-36-32-28-24-20-16-12-8-4)76-98-102(91,92)96-72-77(84)71-95-101(89,90)97-75-78(99-82(87)69-65-61-57-53-49-45-40-35-31-27-23-19-15-11-7-3)73-93-80(85)67-63-59-55-51-47-43-39-34-30-26-22-18-14-10-6-2/h9-16,21-28,33-37,39-41,47,49-51,53-54,59,62-63,66,77-79,84H,5-8,17-20,29-32,38,42-46,48,52,55-58,60-61,64-65,67-76H2,1-4H3,(H,89,90)(H,91,92)/b13-9-,14-10-,15-11-,16-12-,25-21-,26-22-,27-23-,28-24-,37-33-,39-34-,40-35-,41-36-,51-47-,53-49-,54-50-,63-59-,66-62-. The number of unbranched alkanes of at least 4 members (excludes halogenated alkanes) is 9. The van der Waals surface area contributed by atoms with Crippen LogP contribution in [-0.2, 0) is 65.4 Å². The van der Waals surface area contributed by atoms with Gasteiger partial charge in [0, 0.05) is 12.8 Å². The maximum atomic E-state index is 13.1. The molecule has 19 heteroatoms. The molecule has 102 heavy (non-hydrogen) atoms. The molecule has 17 nitrogen and oxygen atoms in total. The van der Waals surface area contributed by atoms with Gasteiger partial charge in [0.25, 0.3) is 0 Å². The van der Waals surface area contributed by atoms with Crippen LogP contribution in [0.25, 0.3) is 0 Å². The lowest BCUT2D eigenvalue weighted by molar-refractivity contribution is -0.160. The molecule has 0 aromatic heterocycles. The van der Waals surface area contributed by atoms with Gasteiger partial charge in [-0.05, 0) is 148 Å². The number of phosphoric acid groups is 2. The summed E-state index contributed by atoms with van der Waals surface area (Å²) >= 11 is 0. The zero-order chi connectivity index (χ0) is 74.6. The van der Waals surface area contributed by atoms with Gasteiger partial charge in [0.1, 0.15) is 19.3 Å². The summed E-state index contributed by atoms with van der Waals surface area (Å²) in [5.41, 5.74) is 0. The minimum absolute atomic E-state index is 0.0116. The lowest BCUT2D eigenvalue weighted by Crippen LogP contribution is -2.30. The fourth-order valence-electron chi connectivity index (χ4n) is 8.78. The monoisotopic (exact) mass is 1460 g/mol. The van der Waals surface area contributed by atoms with E-state index in [0.717, 1.165) is 148 Å². The first kappa shape index (κ1) is 95.6. The van der Waals surface area contributed by atoms with Gasteiger partial charge in [0.15, 0.2) is 12.2 Å². The maximum Gasteiger partial charge on any atom is 0.472 e. The van der Waals surface area contributed by atoms with Crippen LogP contribution >= 0.6 is 15.6 Å². The van der Waals surface area contributed by atoms with Gasteiger partial charge in [-0.25, -0.2) is 9.13 Å². The zero-order valence-electron chi connectivity index (χ0n) is 62.2. The van der Waals surface area contributed by atoms with Crippen LogP contribution in [0.3, 0.4) is 0 Å². The lowest BCUT2D eigenvalue weighted by Gasteiger charge is -2.21. The van der Waals surface area contributed by atoms with Crippen molar-refractivity contribution in [2.24, 2.45) is 0 Å². The number of hydrogen-bond donors (Lipinski definition) is 3. The molecule has 0 heterocycles. The predicted molar refractivity (Wildman–Crippen MR) is 417 cm³/mol. The number of hydrogen-bond acceptors (Lipinski definition) is 15. The lowest BCUT2D eigenvalue weighted by atomic mass is 10.1. The molecule has 0 saturated carbocycles. The molecule has 0 radical (unpaired) electrons. The second-order valence-corrected chi connectivity index (χ2v) is 26.6. The second kappa shape index (κ2) is 73.0. The number of aliphatic hydroxyl groups is 1. The molecule has 0 spiro atoms. The highest BCUT2D eigenvalue weighted by Crippen LogP contribution is 2.45. The quantitative estimate of drug-likeness (QED) is 0.0169. The normalized spacial score (nSPS) is 15.1. The molecule has 0 aliphatic carbocycles. The fraction of sp³-hybridized carbons (Fsp3) is 0.542. The number of carbonyl (C=O) groups excluding carboxylic acids is 4. The van der Waals surface area contributed by atoms with Crippen molar-refractivity contribution in [3.05, 3.63) is 207 Å². The molecular weight excluding hydrogens is 1330 g/mol. The van der Waals surface area contributed by atoms with Gasteiger partial charge in [-0.2, -0.15) is 0 Å². The van der Waals surface area contributed by atoms with Crippen LogP contribution < -0.4 is 0 Å². The largest absolute Gasteiger partial charge is 0.472 e. The Hall–Kier alpha value is -6.36. The molecule has 5 unspecified atom stereocenters. The van der Waals surface area contributed by atoms with Crippen molar-refractivity contribution in [1.29, 1.82) is 0 Å². The number of rotatable bonds is 67. The molecular formula is C83H128O17P2. The molecule has 0 aromatic rings. The highest BCUT2D eigenvalue weighted by atomic mass is 31.2. The van der Waals surface area contributed by atoms with E-state index in [1.807, 2.05) is 36.5 Å². The molecule has 0 rings (SSSR count). The summed E-state index contributed by atoms with van der Waals surface area (Å²) in [6, 6.07) is 0. The molecule has 0 aromatic carbocycles. The van der Waals surface area contributed by atoms with Gasteiger partial charge in [0.05, 0.1) is 39.3 Å². The Balaban J connectivity index is 5.56. The van der Waals surface area contributed by atoms with Gasteiger partial charge in [-0.15, -0.1) is 0 Å². The summed E-state index contributed by atoms with van der Waals surface area (Å²) in [5, 5.41) is 10.6. The Labute approximate surface area is 614 Å². The second-order valence-electron chi connectivity index (χ2n) is 23.7. The number of ether oxygens (including phenoxy) is 4. The predicted octanol–water partition coefficient (Wildman–Crippen LogP) is 21.5. The van der Waals surface area contributed by atoms with E-state index in [1.165, 1.54) is 0 Å². The highest BCUT2D eigenvalue weighted by molar-refractivity contribution is 7.47. The topological polar surface area (TPSA) is 237 Å². The molecule has 5 atom stereocenters. The van der Waals surface area contributed by atoms with Crippen molar-refractivity contribution < 1.29 is 80.2 Å². The summed E-state index contributed by atoms with van der Waals surface area (Å²) in [7, 11) is -10.0. The van der Waals surface area contributed by atoms with Crippen LogP contribution in [0.2, 0.25) is 0 Å². The Morgan fingerprint density at radius 2 is 0.529 bits per heavy atom. The van der Waals surface area contributed by atoms with E-state index in [1.54, 1.807) is 18.2 Å². The van der Waals surface area contributed by atoms with Crippen molar-refractivity contribution >= 4 is 39.5 Å². The van der Waals surface area contributed by atoms with Gasteiger partial charge in [-0.3, -0.25) is 37.3 Å². The van der Waals surface area contributed by atoms with Crippen molar-refractivity contribution in [2.75, 3.05) is 39.6 Å². The molecule has 0 fully saturated rings. The SMILES string of the molecule is CC/C=C\C/C=C\C/C=C\C/C=C\C/C=C\CC(=O)OCC(COP(=O)(O)OCC(O)COP(=O)(O)OCC(COC(=O)CCCCCCCCC/C=C\C/C=C\C/C=C\CC)OC(=O)C/C=C\C/C=C\C/C=C\C/C=C\C/C=C\CC)OC(=O)CCCC/C=C\C/C=C\C/C=C\C/C=C\CC. The molecule has 3 N–H and O–H groups in total. The van der Waals surface area contributed by atoms with E-state index in [4.69, 9.17) is 37.0 Å². The van der Waals surface area contributed by atoms with Crippen molar-refractivity contribution in [2.45, 2.75) is 251 Å². The molecule has 0 aliphatic heterocycles. The van der Waals surface area contributed by atoms with Gasteiger partial charge in [0.2, 0.25) is 0 Å². The van der Waals surface area contributed by atoms with Crippen molar-refractivity contribution in [3.8, 4) is 0 Å². The van der Waals surface area contributed by atoms with E-state index in [9.17, 15) is 43.2 Å². The van der Waals surface area contributed by atoms with Crippen LogP contribution in [0.5, 0.6) is 0 Å². The number of aliphatic hydroxyl groups excluding tert-OH is 1. The minimum Gasteiger partial charge on any atom is -0.462 e. The van der Waals surface area contributed by atoms with Crippen LogP contribution in [0.4, 0.5) is 0 Å². The van der Waals surface area contributed by atoms with E-state index < -0.39 is 97.5 Å². The van der Waals surface area contributed by atoms with Crippen LogP contribution in [0.15, 0.2) is 207 Å². The Kier molecular flexibility index (Phi) is 68.4. The third-order valence-electron chi connectivity index (χ3n) is 14.3. The Bertz CT molecular complexity index is 2750.